The first kappa shape index (κ1) is 14.5. The van der Waals surface area contributed by atoms with E-state index in [0.29, 0.717) is 0 Å². The topological polar surface area (TPSA) is 89.3 Å². The second-order valence-corrected chi connectivity index (χ2v) is 4.29. The zero-order chi connectivity index (χ0) is 10.8. The molecule has 0 radical (unpaired) electrons. The zero-order valence-electron chi connectivity index (χ0n) is 7.30. The Labute approximate surface area is 109 Å². The van der Waals surface area contributed by atoms with Gasteiger partial charge in [-0.15, -0.1) is 0 Å². The standard InChI is InChI=1S/C7H8N2O4S.Na.H/c1-8-14(12,13)7-5-3-2-4-6(7)9(10)11;;/h2-5,8H,1H3;;. The third-order valence-electron chi connectivity index (χ3n) is 1.62. The van der Waals surface area contributed by atoms with Gasteiger partial charge < -0.3 is 0 Å². The van der Waals surface area contributed by atoms with E-state index in [1.54, 1.807) is 0 Å². The molecule has 1 aromatic carbocycles. The number of nitro benzene ring substituents is 1. The molecule has 0 aromatic heterocycles. The SMILES string of the molecule is CNS(=O)(=O)c1ccccc1[N+](=O)[O-].[NaH]. The van der Waals surface area contributed by atoms with Crippen molar-refractivity contribution in [2.24, 2.45) is 0 Å². The summed E-state index contributed by atoms with van der Waals surface area (Å²) < 4.78 is 24.6. The number of hydrogen-bond acceptors (Lipinski definition) is 4. The Hall–Kier alpha value is -0.470. The van der Waals surface area contributed by atoms with Crippen LogP contribution < -0.4 is 4.72 Å². The van der Waals surface area contributed by atoms with Gasteiger partial charge in [0, 0.05) is 6.07 Å². The summed E-state index contributed by atoms with van der Waals surface area (Å²) in [6.45, 7) is 0. The normalized spacial score (nSPS) is 10.5. The molecule has 0 heterocycles. The van der Waals surface area contributed by atoms with Gasteiger partial charge in [-0.05, 0) is 13.1 Å². The van der Waals surface area contributed by atoms with Crippen molar-refractivity contribution >= 4 is 45.3 Å². The number of nitrogens with one attached hydrogen (secondary N) is 1. The predicted molar refractivity (Wildman–Crippen MR) is 56.5 cm³/mol. The third kappa shape index (κ3) is 3.25. The van der Waals surface area contributed by atoms with Crippen LogP contribution in [0.25, 0.3) is 0 Å². The zero-order valence-corrected chi connectivity index (χ0v) is 8.11. The fourth-order valence-corrected chi connectivity index (χ4v) is 1.84. The number of benzene rings is 1. The van der Waals surface area contributed by atoms with E-state index in [2.05, 4.69) is 0 Å². The molecule has 1 rings (SSSR count). The van der Waals surface area contributed by atoms with Gasteiger partial charge in [0.25, 0.3) is 5.69 Å². The molecule has 15 heavy (non-hydrogen) atoms. The van der Waals surface area contributed by atoms with Crippen molar-refractivity contribution in [2.75, 3.05) is 7.05 Å². The number of hydrogen-bond donors (Lipinski definition) is 1. The van der Waals surface area contributed by atoms with E-state index < -0.39 is 20.6 Å². The second-order valence-electron chi connectivity index (χ2n) is 2.43. The molecule has 1 N–H and O–H groups in total. The van der Waals surface area contributed by atoms with E-state index in [0.717, 1.165) is 6.07 Å². The summed E-state index contributed by atoms with van der Waals surface area (Å²) >= 11 is 0. The maximum atomic E-state index is 11.3. The molecule has 1 aromatic rings. The molecule has 0 aliphatic heterocycles. The molecule has 0 unspecified atom stereocenters. The van der Waals surface area contributed by atoms with Crippen molar-refractivity contribution in [1.82, 2.24) is 4.72 Å². The molecular formula is C7H9N2NaO4S. The van der Waals surface area contributed by atoms with E-state index in [4.69, 9.17) is 0 Å². The van der Waals surface area contributed by atoms with Crippen molar-refractivity contribution in [3.05, 3.63) is 34.4 Å². The number of nitro groups is 1. The predicted octanol–water partition coefficient (Wildman–Crippen LogP) is -0.146. The van der Waals surface area contributed by atoms with Gasteiger partial charge in [0.2, 0.25) is 10.0 Å². The van der Waals surface area contributed by atoms with Gasteiger partial charge in [-0.25, -0.2) is 13.1 Å². The molecule has 8 heteroatoms. The first-order valence-electron chi connectivity index (χ1n) is 3.66. The van der Waals surface area contributed by atoms with Crippen LogP contribution >= 0.6 is 0 Å². The molecule has 0 amide bonds. The molecule has 0 aliphatic rings. The number of sulfonamides is 1. The van der Waals surface area contributed by atoms with E-state index in [1.165, 1.54) is 25.2 Å². The van der Waals surface area contributed by atoms with Crippen LogP contribution in [0.2, 0.25) is 0 Å². The molecule has 0 aliphatic carbocycles. The Bertz CT molecular complexity index is 460. The average Bonchev–Trinajstić information content (AvgIpc) is 2.18. The molecule has 0 saturated carbocycles. The molecule has 78 valence electrons. The fraction of sp³-hybridized carbons (Fsp3) is 0.143. The van der Waals surface area contributed by atoms with Crippen LogP contribution in [-0.4, -0.2) is 49.9 Å². The Kier molecular flexibility index (Phi) is 5.39. The van der Waals surface area contributed by atoms with Crippen LogP contribution in [0.1, 0.15) is 0 Å². The summed E-state index contributed by atoms with van der Waals surface area (Å²) in [6.07, 6.45) is 0. The molecular weight excluding hydrogens is 231 g/mol. The van der Waals surface area contributed by atoms with Crippen molar-refractivity contribution in [2.45, 2.75) is 4.90 Å². The van der Waals surface area contributed by atoms with Crippen LogP contribution in [0.3, 0.4) is 0 Å². The number of nitrogens with zero attached hydrogens (tertiary/aromatic N) is 1. The Morgan fingerprint density at radius 3 is 2.33 bits per heavy atom. The molecule has 0 spiro atoms. The Balaban J connectivity index is 0.00000196. The van der Waals surface area contributed by atoms with Crippen LogP contribution in [0.5, 0.6) is 0 Å². The fourth-order valence-electron chi connectivity index (χ4n) is 0.945. The molecule has 0 bridgehead atoms. The van der Waals surface area contributed by atoms with E-state index in [1.807, 2.05) is 4.72 Å². The van der Waals surface area contributed by atoms with Gasteiger partial charge in [0.15, 0.2) is 4.90 Å². The average molecular weight is 240 g/mol. The van der Waals surface area contributed by atoms with Gasteiger partial charge in [-0.3, -0.25) is 10.1 Å². The minimum atomic E-state index is -3.77. The molecule has 0 saturated heterocycles. The summed E-state index contributed by atoms with van der Waals surface area (Å²) in [7, 11) is -2.57. The van der Waals surface area contributed by atoms with E-state index in [9.17, 15) is 18.5 Å². The van der Waals surface area contributed by atoms with Gasteiger partial charge >= 0.3 is 29.6 Å². The molecule has 0 fully saturated rings. The quantitative estimate of drug-likeness (QED) is 0.452. The number of para-hydroxylation sites is 1. The summed E-state index contributed by atoms with van der Waals surface area (Å²) in [4.78, 5) is 9.44. The van der Waals surface area contributed by atoms with Crippen molar-refractivity contribution in [3.63, 3.8) is 0 Å². The summed E-state index contributed by atoms with van der Waals surface area (Å²) in [6, 6.07) is 5.16. The Morgan fingerprint density at radius 2 is 1.87 bits per heavy atom. The van der Waals surface area contributed by atoms with Gasteiger partial charge in [0.1, 0.15) is 0 Å². The molecule has 6 nitrogen and oxygen atoms in total. The van der Waals surface area contributed by atoms with Crippen molar-refractivity contribution < 1.29 is 13.3 Å². The maximum absolute atomic E-state index is 11.3. The van der Waals surface area contributed by atoms with Crippen LogP contribution in [-0.2, 0) is 10.0 Å². The van der Waals surface area contributed by atoms with E-state index in [-0.39, 0.29) is 34.5 Å². The molecule has 0 atom stereocenters. The minimum absolute atomic E-state index is 0. The number of rotatable bonds is 3. The van der Waals surface area contributed by atoms with Crippen molar-refractivity contribution in [1.29, 1.82) is 0 Å². The Morgan fingerprint density at radius 1 is 1.33 bits per heavy atom. The van der Waals surface area contributed by atoms with E-state index >= 15 is 0 Å². The van der Waals surface area contributed by atoms with Gasteiger partial charge in [0.05, 0.1) is 4.92 Å². The van der Waals surface area contributed by atoms with Gasteiger partial charge in [-0.1, -0.05) is 12.1 Å². The first-order chi connectivity index (χ1) is 6.49. The second kappa shape index (κ2) is 5.57. The summed E-state index contributed by atoms with van der Waals surface area (Å²) in [5.41, 5.74) is -0.429. The monoisotopic (exact) mass is 240 g/mol. The van der Waals surface area contributed by atoms with Crippen LogP contribution in [0, 0.1) is 10.1 Å². The van der Waals surface area contributed by atoms with Gasteiger partial charge in [-0.2, -0.15) is 0 Å². The van der Waals surface area contributed by atoms with Crippen molar-refractivity contribution in [3.8, 4) is 0 Å². The van der Waals surface area contributed by atoms with Crippen LogP contribution in [0.15, 0.2) is 29.2 Å². The summed E-state index contributed by atoms with van der Waals surface area (Å²) in [5, 5.41) is 10.5. The van der Waals surface area contributed by atoms with Crippen LogP contribution in [0.4, 0.5) is 5.69 Å². The first-order valence-corrected chi connectivity index (χ1v) is 5.14. The summed E-state index contributed by atoms with van der Waals surface area (Å²) in [5.74, 6) is 0. The third-order valence-corrected chi connectivity index (χ3v) is 3.08.